The van der Waals surface area contributed by atoms with E-state index in [4.69, 9.17) is 5.11 Å². The Labute approximate surface area is 114 Å². The number of pyridine rings is 1. The topological polar surface area (TPSA) is 105 Å². The summed E-state index contributed by atoms with van der Waals surface area (Å²) in [5.74, 6) is -1.33. The molecule has 0 atom stereocenters. The molecule has 0 amide bonds. The number of nitrogens with zero attached hydrogens (tertiary/aromatic N) is 2. The largest absolute Gasteiger partial charge is 0.477 e. The molecule has 1 aromatic carbocycles. The van der Waals surface area contributed by atoms with Gasteiger partial charge in [-0.3, -0.25) is 15.1 Å². The van der Waals surface area contributed by atoms with E-state index in [1.807, 2.05) is 6.92 Å². The summed E-state index contributed by atoms with van der Waals surface area (Å²) in [6, 6.07) is 5.66. The van der Waals surface area contributed by atoms with E-state index >= 15 is 0 Å². The second-order valence-electron chi connectivity index (χ2n) is 4.11. The fraction of sp³-hybridized carbons (Fsp3) is 0.0769. The van der Waals surface area contributed by atoms with Crippen LogP contribution in [0, 0.1) is 17.0 Å². The number of aryl methyl sites for hydroxylation is 1. The zero-order chi connectivity index (χ0) is 14.7. The monoisotopic (exact) mass is 273 g/mol. The quantitative estimate of drug-likeness (QED) is 0.655. The minimum atomic E-state index is -1.33. The molecule has 102 valence electrons. The number of anilines is 2. The molecule has 0 bridgehead atoms. The van der Waals surface area contributed by atoms with Crippen LogP contribution in [-0.2, 0) is 0 Å². The van der Waals surface area contributed by atoms with E-state index in [1.165, 1.54) is 18.2 Å². The molecule has 2 N–H and O–H groups in total. The van der Waals surface area contributed by atoms with Gasteiger partial charge in [-0.25, -0.2) is 4.79 Å². The summed E-state index contributed by atoms with van der Waals surface area (Å²) >= 11 is 0. The third-order valence-corrected chi connectivity index (χ3v) is 2.74. The van der Waals surface area contributed by atoms with E-state index in [1.54, 1.807) is 18.5 Å². The molecule has 0 spiro atoms. The summed E-state index contributed by atoms with van der Waals surface area (Å²) in [7, 11) is 0. The van der Waals surface area contributed by atoms with Crippen LogP contribution in [0.1, 0.15) is 15.9 Å². The molecule has 0 aliphatic rings. The van der Waals surface area contributed by atoms with E-state index in [0.29, 0.717) is 11.4 Å². The highest BCUT2D eigenvalue weighted by Gasteiger charge is 2.20. The Hall–Kier alpha value is -2.96. The van der Waals surface area contributed by atoms with Gasteiger partial charge in [0.1, 0.15) is 5.56 Å². The van der Waals surface area contributed by atoms with Crippen LogP contribution < -0.4 is 5.32 Å². The van der Waals surface area contributed by atoms with E-state index in [0.717, 1.165) is 5.56 Å². The third kappa shape index (κ3) is 2.72. The molecule has 0 radical (unpaired) electrons. The van der Waals surface area contributed by atoms with Gasteiger partial charge in [0.05, 0.1) is 16.8 Å². The van der Waals surface area contributed by atoms with Crippen LogP contribution in [0.3, 0.4) is 0 Å². The smallest absolute Gasteiger partial charge is 0.342 e. The molecule has 20 heavy (non-hydrogen) atoms. The van der Waals surface area contributed by atoms with Gasteiger partial charge in [-0.1, -0.05) is 0 Å². The van der Waals surface area contributed by atoms with E-state index in [2.05, 4.69) is 10.3 Å². The van der Waals surface area contributed by atoms with Crippen LogP contribution in [0.25, 0.3) is 0 Å². The molecule has 7 nitrogen and oxygen atoms in total. The number of carbonyl (C=O) groups is 1. The highest BCUT2D eigenvalue weighted by molar-refractivity contribution is 5.93. The number of carboxylic acid groups (broad SMARTS) is 1. The number of nitrogens with one attached hydrogen (secondary N) is 1. The first kappa shape index (κ1) is 13.5. The first-order chi connectivity index (χ1) is 9.49. The molecular weight excluding hydrogens is 262 g/mol. The number of aromatic nitrogens is 1. The maximum Gasteiger partial charge on any atom is 0.342 e. The Balaban J connectivity index is 2.40. The number of rotatable bonds is 4. The molecule has 1 heterocycles. The lowest BCUT2D eigenvalue weighted by Crippen LogP contribution is -2.03. The maximum atomic E-state index is 10.9. The number of carboxylic acids is 1. The fourth-order valence-electron chi connectivity index (χ4n) is 1.69. The second-order valence-corrected chi connectivity index (χ2v) is 4.11. The highest BCUT2D eigenvalue weighted by atomic mass is 16.6. The van der Waals surface area contributed by atoms with E-state index < -0.39 is 16.6 Å². The van der Waals surface area contributed by atoms with Crippen molar-refractivity contribution >= 4 is 23.0 Å². The van der Waals surface area contributed by atoms with Gasteiger partial charge < -0.3 is 10.4 Å². The molecule has 7 heteroatoms. The van der Waals surface area contributed by atoms with Crippen LogP contribution in [0.2, 0.25) is 0 Å². The van der Waals surface area contributed by atoms with Gasteiger partial charge in [-0.15, -0.1) is 0 Å². The molecule has 1 aromatic heterocycles. The molecular formula is C13H11N3O4. The Morgan fingerprint density at radius 3 is 2.75 bits per heavy atom. The van der Waals surface area contributed by atoms with Crippen molar-refractivity contribution in [1.82, 2.24) is 4.98 Å². The lowest BCUT2D eigenvalue weighted by molar-refractivity contribution is -0.385. The number of hydrogen-bond acceptors (Lipinski definition) is 5. The second kappa shape index (κ2) is 5.35. The predicted molar refractivity (Wildman–Crippen MR) is 72.3 cm³/mol. The molecule has 0 saturated heterocycles. The van der Waals surface area contributed by atoms with E-state index in [9.17, 15) is 14.9 Å². The van der Waals surface area contributed by atoms with Crippen LogP contribution in [0.5, 0.6) is 0 Å². The first-order valence-electron chi connectivity index (χ1n) is 5.68. The standard InChI is InChI=1S/C13H11N3O4/c1-8-4-5-14-7-11(8)15-9-2-3-10(13(17)18)12(6-9)16(19)20/h2-7,15H,1H3,(H,17,18). The number of nitro groups is 1. The lowest BCUT2D eigenvalue weighted by Gasteiger charge is -2.09. The van der Waals surface area contributed by atoms with Gasteiger partial charge >= 0.3 is 5.97 Å². The number of hydrogen-bond donors (Lipinski definition) is 2. The normalized spacial score (nSPS) is 10.1. The maximum absolute atomic E-state index is 10.9. The Morgan fingerprint density at radius 2 is 2.15 bits per heavy atom. The van der Waals surface area contributed by atoms with Gasteiger partial charge in [0.25, 0.3) is 5.69 Å². The Kier molecular flexibility index (Phi) is 3.60. The molecule has 0 aliphatic heterocycles. The molecule has 0 unspecified atom stereocenters. The number of nitro benzene ring substituents is 1. The first-order valence-corrected chi connectivity index (χ1v) is 5.68. The van der Waals surface area contributed by atoms with E-state index in [-0.39, 0.29) is 5.56 Å². The summed E-state index contributed by atoms with van der Waals surface area (Å²) in [4.78, 5) is 25.1. The number of benzene rings is 1. The van der Waals surface area contributed by atoms with Gasteiger partial charge in [0.2, 0.25) is 0 Å². The van der Waals surface area contributed by atoms with Crippen molar-refractivity contribution in [3.8, 4) is 0 Å². The van der Waals surface area contributed by atoms with Crippen LogP contribution in [0.4, 0.5) is 17.1 Å². The molecule has 2 aromatic rings. The molecule has 0 aliphatic carbocycles. The lowest BCUT2D eigenvalue weighted by atomic mass is 10.1. The fourth-order valence-corrected chi connectivity index (χ4v) is 1.69. The van der Waals surface area contributed by atoms with Crippen molar-refractivity contribution in [2.45, 2.75) is 6.92 Å². The van der Waals surface area contributed by atoms with Gasteiger partial charge in [0, 0.05) is 18.0 Å². The Morgan fingerprint density at radius 1 is 1.40 bits per heavy atom. The van der Waals surface area contributed by atoms with Crippen molar-refractivity contribution in [3.05, 3.63) is 57.9 Å². The summed E-state index contributed by atoms with van der Waals surface area (Å²) in [6.45, 7) is 1.87. The minimum absolute atomic E-state index is 0.344. The van der Waals surface area contributed by atoms with Crippen molar-refractivity contribution < 1.29 is 14.8 Å². The molecule has 0 saturated carbocycles. The van der Waals surface area contributed by atoms with Gasteiger partial charge in [0.15, 0.2) is 0 Å². The predicted octanol–water partition coefficient (Wildman–Crippen LogP) is 2.74. The number of aromatic carboxylic acids is 1. The zero-order valence-electron chi connectivity index (χ0n) is 10.5. The summed E-state index contributed by atoms with van der Waals surface area (Å²) in [5.41, 5.74) is 1.25. The minimum Gasteiger partial charge on any atom is -0.477 e. The van der Waals surface area contributed by atoms with Gasteiger partial charge in [-0.05, 0) is 30.7 Å². The van der Waals surface area contributed by atoms with Crippen molar-refractivity contribution in [2.75, 3.05) is 5.32 Å². The van der Waals surface area contributed by atoms with Crippen molar-refractivity contribution in [2.24, 2.45) is 0 Å². The average Bonchev–Trinajstić information content (AvgIpc) is 2.41. The van der Waals surface area contributed by atoms with Crippen molar-refractivity contribution in [1.29, 1.82) is 0 Å². The molecule has 0 fully saturated rings. The summed E-state index contributed by atoms with van der Waals surface area (Å²) < 4.78 is 0. The average molecular weight is 273 g/mol. The van der Waals surface area contributed by atoms with Crippen LogP contribution in [0.15, 0.2) is 36.7 Å². The SMILES string of the molecule is Cc1ccncc1Nc1ccc(C(=O)O)c([N+](=O)[O-])c1. The highest BCUT2D eigenvalue weighted by Crippen LogP contribution is 2.26. The van der Waals surface area contributed by atoms with Crippen LogP contribution in [-0.4, -0.2) is 21.0 Å². The van der Waals surface area contributed by atoms with Crippen LogP contribution >= 0.6 is 0 Å². The van der Waals surface area contributed by atoms with Crippen molar-refractivity contribution in [3.63, 3.8) is 0 Å². The summed E-state index contributed by atoms with van der Waals surface area (Å²) in [5, 5.41) is 22.8. The molecule has 2 rings (SSSR count). The summed E-state index contributed by atoms with van der Waals surface area (Å²) in [6.07, 6.45) is 3.22. The third-order valence-electron chi connectivity index (χ3n) is 2.74. The van der Waals surface area contributed by atoms with Gasteiger partial charge in [-0.2, -0.15) is 0 Å². The Bertz CT molecular complexity index is 685. The zero-order valence-corrected chi connectivity index (χ0v) is 10.5.